The maximum Gasteiger partial charge on any atom is 0.417 e. The van der Waals surface area contributed by atoms with Crippen LogP contribution in [-0.4, -0.2) is 20.1 Å². The fourth-order valence-electron chi connectivity index (χ4n) is 1.64. The van der Waals surface area contributed by atoms with Crippen molar-refractivity contribution in [1.29, 1.82) is 0 Å². The third kappa shape index (κ3) is 2.94. The molecule has 0 saturated heterocycles. The summed E-state index contributed by atoms with van der Waals surface area (Å²) >= 11 is 5.54. The van der Waals surface area contributed by atoms with E-state index in [-0.39, 0.29) is 10.7 Å². The van der Waals surface area contributed by atoms with Crippen molar-refractivity contribution < 1.29 is 18.3 Å². The fraction of sp³-hybridized carbons (Fsp3) is 0.333. The first-order valence-corrected chi connectivity index (χ1v) is 6.18. The van der Waals surface area contributed by atoms with Crippen LogP contribution in [0.3, 0.4) is 0 Å². The van der Waals surface area contributed by atoms with Crippen molar-refractivity contribution >= 4 is 11.6 Å². The second-order valence-electron chi connectivity index (χ2n) is 4.17. The maximum atomic E-state index is 12.8. The molecule has 1 atom stereocenters. The van der Waals surface area contributed by atoms with Gasteiger partial charge in [0.1, 0.15) is 5.69 Å². The summed E-state index contributed by atoms with van der Waals surface area (Å²) in [6, 6.07) is 3.44. The van der Waals surface area contributed by atoms with Crippen LogP contribution in [0.15, 0.2) is 24.4 Å². The minimum absolute atomic E-state index is 0.170. The van der Waals surface area contributed by atoms with Crippen LogP contribution in [0.4, 0.5) is 13.2 Å². The van der Waals surface area contributed by atoms with Crippen LogP contribution in [0.1, 0.15) is 30.7 Å². The van der Waals surface area contributed by atoms with E-state index in [1.807, 2.05) is 0 Å². The molecule has 1 heterocycles. The van der Waals surface area contributed by atoms with Crippen LogP contribution < -0.4 is 0 Å². The number of hydrogen-bond acceptors (Lipinski definition) is 3. The average Bonchev–Trinajstić information content (AvgIpc) is 2.86. The number of aromatic nitrogens is 3. The van der Waals surface area contributed by atoms with Gasteiger partial charge in [-0.1, -0.05) is 23.7 Å². The molecule has 0 fully saturated rings. The van der Waals surface area contributed by atoms with Gasteiger partial charge in [-0.25, -0.2) is 4.68 Å². The molecule has 0 saturated carbocycles. The van der Waals surface area contributed by atoms with E-state index in [1.165, 1.54) is 16.9 Å². The van der Waals surface area contributed by atoms with Gasteiger partial charge in [0.25, 0.3) is 0 Å². The van der Waals surface area contributed by atoms with Gasteiger partial charge in [0.05, 0.1) is 28.6 Å². The zero-order chi connectivity index (χ0) is 14.9. The van der Waals surface area contributed by atoms with Gasteiger partial charge in [0.15, 0.2) is 0 Å². The van der Waals surface area contributed by atoms with Crippen LogP contribution in [0.2, 0.25) is 5.02 Å². The van der Waals surface area contributed by atoms with E-state index < -0.39 is 17.8 Å². The van der Waals surface area contributed by atoms with Crippen molar-refractivity contribution in [3.63, 3.8) is 0 Å². The van der Waals surface area contributed by atoms with Crippen LogP contribution in [0, 0.1) is 0 Å². The molecule has 0 aliphatic rings. The summed E-state index contributed by atoms with van der Waals surface area (Å²) in [5.74, 6) is 0. The summed E-state index contributed by atoms with van der Waals surface area (Å²) in [5, 5.41) is 16.7. The van der Waals surface area contributed by atoms with E-state index in [0.717, 1.165) is 12.1 Å². The minimum atomic E-state index is -4.54. The molecule has 20 heavy (non-hydrogen) atoms. The molecule has 1 unspecified atom stereocenters. The van der Waals surface area contributed by atoms with Crippen molar-refractivity contribution in [3.05, 3.63) is 40.7 Å². The normalized spacial score (nSPS) is 13.5. The summed E-state index contributed by atoms with van der Waals surface area (Å²) in [6.45, 7) is 1.76. The topological polar surface area (TPSA) is 50.9 Å². The molecular weight excluding hydrogens is 295 g/mol. The van der Waals surface area contributed by atoms with E-state index in [0.29, 0.717) is 12.1 Å². The van der Waals surface area contributed by atoms with Gasteiger partial charge in [-0.05, 0) is 24.6 Å². The highest BCUT2D eigenvalue weighted by Crippen LogP contribution is 2.35. The molecule has 8 heteroatoms. The van der Waals surface area contributed by atoms with Crippen LogP contribution in [0.25, 0.3) is 5.69 Å². The number of rotatable bonds is 3. The van der Waals surface area contributed by atoms with Crippen molar-refractivity contribution in [3.8, 4) is 5.69 Å². The Balaban J connectivity index is 2.41. The quantitative estimate of drug-likeness (QED) is 0.945. The number of halogens is 4. The predicted octanol–water partition coefficient (Wildman–Crippen LogP) is 3.38. The third-order valence-electron chi connectivity index (χ3n) is 2.76. The first kappa shape index (κ1) is 14.8. The lowest BCUT2D eigenvalue weighted by molar-refractivity contribution is -0.137. The Kier molecular flexibility index (Phi) is 4.01. The average molecular weight is 306 g/mol. The Hall–Kier alpha value is -1.60. The molecule has 4 nitrogen and oxygen atoms in total. The van der Waals surface area contributed by atoms with E-state index in [4.69, 9.17) is 11.6 Å². The maximum absolute atomic E-state index is 12.8. The molecule has 0 aliphatic heterocycles. The van der Waals surface area contributed by atoms with E-state index in [2.05, 4.69) is 10.3 Å². The molecular formula is C12H11ClF3N3O. The highest BCUT2D eigenvalue weighted by atomic mass is 35.5. The first-order chi connectivity index (χ1) is 9.32. The summed E-state index contributed by atoms with van der Waals surface area (Å²) < 4.78 is 39.5. The van der Waals surface area contributed by atoms with Crippen LogP contribution in [0.5, 0.6) is 0 Å². The highest BCUT2D eigenvalue weighted by molar-refractivity contribution is 6.31. The molecule has 108 valence electrons. The lowest BCUT2D eigenvalue weighted by Crippen LogP contribution is -2.07. The van der Waals surface area contributed by atoms with Crippen molar-refractivity contribution in [1.82, 2.24) is 15.0 Å². The molecule has 0 amide bonds. The minimum Gasteiger partial charge on any atom is -0.387 e. The zero-order valence-corrected chi connectivity index (χ0v) is 11.2. The lowest BCUT2D eigenvalue weighted by atomic mass is 10.2. The van der Waals surface area contributed by atoms with Gasteiger partial charge in [0, 0.05) is 0 Å². The molecule has 2 aromatic rings. The molecule has 0 aliphatic carbocycles. The summed E-state index contributed by atoms with van der Waals surface area (Å²) in [5.41, 5.74) is -0.468. The molecule has 1 N–H and O–H groups in total. The molecule has 0 spiro atoms. The van der Waals surface area contributed by atoms with Crippen LogP contribution in [-0.2, 0) is 6.18 Å². The lowest BCUT2D eigenvalue weighted by Gasteiger charge is -2.10. The smallest absolute Gasteiger partial charge is 0.387 e. The monoisotopic (exact) mass is 305 g/mol. The first-order valence-electron chi connectivity index (χ1n) is 5.80. The van der Waals surface area contributed by atoms with Gasteiger partial charge < -0.3 is 5.11 Å². The largest absolute Gasteiger partial charge is 0.417 e. The number of alkyl halides is 3. The molecule has 1 aromatic carbocycles. The Bertz CT molecular complexity index is 612. The number of aliphatic hydroxyl groups is 1. The second-order valence-corrected chi connectivity index (χ2v) is 4.58. The van der Waals surface area contributed by atoms with Crippen molar-refractivity contribution in [2.24, 2.45) is 0 Å². The summed E-state index contributed by atoms with van der Waals surface area (Å²) in [6.07, 6.45) is -3.51. The van der Waals surface area contributed by atoms with E-state index >= 15 is 0 Å². The highest BCUT2D eigenvalue weighted by Gasteiger charge is 2.33. The van der Waals surface area contributed by atoms with E-state index in [1.54, 1.807) is 6.92 Å². The second kappa shape index (κ2) is 5.41. The van der Waals surface area contributed by atoms with Gasteiger partial charge in [-0.15, -0.1) is 5.10 Å². The Morgan fingerprint density at radius 2 is 2.10 bits per heavy atom. The Morgan fingerprint density at radius 1 is 1.40 bits per heavy atom. The third-order valence-corrected chi connectivity index (χ3v) is 3.09. The summed E-state index contributed by atoms with van der Waals surface area (Å²) in [4.78, 5) is 0. The number of nitrogens with zero attached hydrogens (tertiary/aromatic N) is 3. The van der Waals surface area contributed by atoms with E-state index in [9.17, 15) is 18.3 Å². The molecule has 0 radical (unpaired) electrons. The molecule has 1 aromatic heterocycles. The molecule has 0 bridgehead atoms. The number of aliphatic hydroxyl groups excluding tert-OH is 1. The Morgan fingerprint density at radius 3 is 2.70 bits per heavy atom. The van der Waals surface area contributed by atoms with Crippen molar-refractivity contribution in [2.45, 2.75) is 25.6 Å². The van der Waals surface area contributed by atoms with Gasteiger partial charge in [-0.3, -0.25) is 0 Å². The van der Waals surface area contributed by atoms with Gasteiger partial charge in [0.2, 0.25) is 0 Å². The van der Waals surface area contributed by atoms with Crippen LogP contribution >= 0.6 is 11.6 Å². The fourth-order valence-corrected chi connectivity index (χ4v) is 1.86. The molecule has 2 rings (SSSR count). The zero-order valence-electron chi connectivity index (χ0n) is 10.4. The van der Waals surface area contributed by atoms with Gasteiger partial charge >= 0.3 is 6.18 Å². The number of benzene rings is 1. The Labute approximate surface area is 117 Å². The van der Waals surface area contributed by atoms with Gasteiger partial charge in [-0.2, -0.15) is 13.2 Å². The standard InChI is InChI=1S/C12H11ClF3N3O/c1-2-11(20)10-6-19(18-17-10)7-3-4-9(13)8(5-7)12(14,15)16/h3-6,11,20H,2H2,1H3. The predicted molar refractivity (Wildman–Crippen MR) is 66.6 cm³/mol. The number of hydrogen-bond donors (Lipinski definition) is 1. The van der Waals surface area contributed by atoms with Crippen molar-refractivity contribution in [2.75, 3.05) is 0 Å². The summed E-state index contributed by atoms with van der Waals surface area (Å²) in [7, 11) is 0. The SMILES string of the molecule is CCC(O)c1cn(-c2ccc(Cl)c(C(F)(F)F)c2)nn1.